The first-order valence-electron chi connectivity index (χ1n) is 5.25. The number of aromatic nitrogens is 2. The van der Waals surface area contributed by atoms with Crippen molar-refractivity contribution < 1.29 is 0 Å². The summed E-state index contributed by atoms with van der Waals surface area (Å²) in [6, 6.07) is 2.67. The van der Waals surface area contributed by atoms with Gasteiger partial charge in [-0.3, -0.25) is 14.5 Å². The minimum atomic E-state index is -0.103. The van der Waals surface area contributed by atoms with Crippen molar-refractivity contribution >= 4 is 0 Å². The molecule has 5 heteroatoms. The maximum absolute atomic E-state index is 11.5. The van der Waals surface area contributed by atoms with E-state index in [1.165, 1.54) is 21.5 Å². The topological polar surface area (TPSA) is 47.2 Å². The van der Waals surface area contributed by atoms with Crippen LogP contribution in [0.15, 0.2) is 21.7 Å². The normalized spacial score (nSPS) is 15.5. The Kier molecular flexibility index (Phi) is 2.73. The van der Waals surface area contributed by atoms with Gasteiger partial charge in [-0.15, -0.1) is 0 Å². The van der Waals surface area contributed by atoms with Crippen LogP contribution in [0, 0.1) is 0 Å². The molecule has 0 aliphatic carbocycles. The third kappa shape index (κ3) is 1.87. The van der Waals surface area contributed by atoms with Gasteiger partial charge >= 0.3 is 0 Å². The predicted molar refractivity (Wildman–Crippen MR) is 56.6 cm³/mol. The van der Waals surface area contributed by atoms with E-state index in [2.05, 4.69) is 11.8 Å². The van der Waals surface area contributed by atoms with Crippen LogP contribution >= 0.6 is 0 Å². The molecule has 0 saturated heterocycles. The van der Waals surface area contributed by atoms with E-state index >= 15 is 0 Å². The fraction of sp³-hybridized carbons (Fsp3) is 0.600. The van der Waals surface area contributed by atoms with Crippen LogP contribution in [0.5, 0.6) is 0 Å². The van der Waals surface area contributed by atoms with Gasteiger partial charge in [0, 0.05) is 18.7 Å². The lowest BCUT2D eigenvalue weighted by Crippen LogP contribution is -2.32. The molecule has 1 aliphatic heterocycles. The summed E-state index contributed by atoms with van der Waals surface area (Å²) in [4.78, 5) is 25.0. The van der Waals surface area contributed by atoms with Crippen molar-refractivity contribution in [3.05, 3.63) is 32.8 Å². The lowest BCUT2D eigenvalue weighted by Gasteiger charge is -2.10. The predicted octanol–water partition coefficient (Wildman–Crippen LogP) is 0.0407. The fourth-order valence-corrected chi connectivity index (χ4v) is 1.79. The zero-order chi connectivity index (χ0) is 10.8. The molecule has 0 radical (unpaired) electrons. The highest BCUT2D eigenvalue weighted by molar-refractivity contribution is 4.89. The van der Waals surface area contributed by atoms with E-state index in [1.807, 2.05) is 0 Å². The highest BCUT2D eigenvalue weighted by Crippen LogP contribution is 2.04. The van der Waals surface area contributed by atoms with Crippen molar-refractivity contribution in [2.75, 3.05) is 6.54 Å². The van der Waals surface area contributed by atoms with Crippen molar-refractivity contribution in [2.45, 2.75) is 33.1 Å². The molecule has 0 aromatic carbocycles. The molecule has 1 aromatic heterocycles. The van der Waals surface area contributed by atoms with E-state index in [0.717, 1.165) is 19.4 Å². The summed E-state index contributed by atoms with van der Waals surface area (Å²) < 4.78 is 3.00. The van der Waals surface area contributed by atoms with Crippen molar-refractivity contribution in [3.63, 3.8) is 0 Å². The molecule has 0 bridgehead atoms. The van der Waals surface area contributed by atoms with Crippen LogP contribution in [0.3, 0.4) is 0 Å². The average Bonchev–Trinajstić information content (AvgIpc) is 2.66. The van der Waals surface area contributed by atoms with E-state index in [4.69, 9.17) is 0 Å². The van der Waals surface area contributed by atoms with Crippen LogP contribution < -0.4 is 11.1 Å². The van der Waals surface area contributed by atoms with Crippen molar-refractivity contribution in [3.8, 4) is 0 Å². The summed E-state index contributed by atoms with van der Waals surface area (Å²) in [7, 11) is 0. The third-order valence-corrected chi connectivity index (χ3v) is 2.66. The van der Waals surface area contributed by atoms with E-state index < -0.39 is 0 Å². The molecule has 0 amide bonds. The number of fused-ring (bicyclic) bond motifs is 1. The molecule has 1 aromatic rings. The van der Waals surface area contributed by atoms with Gasteiger partial charge in [0.2, 0.25) is 0 Å². The summed E-state index contributed by atoms with van der Waals surface area (Å²) in [5.41, 5.74) is -0.206. The molecule has 0 spiro atoms. The van der Waals surface area contributed by atoms with Gasteiger partial charge in [-0.05, 0) is 6.42 Å². The monoisotopic (exact) mass is 209 g/mol. The Morgan fingerprint density at radius 1 is 1.13 bits per heavy atom. The molecular weight excluding hydrogens is 194 g/mol. The minimum Gasteiger partial charge on any atom is -0.268 e. The first kappa shape index (κ1) is 10.2. The summed E-state index contributed by atoms with van der Waals surface area (Å²) in [5, 5.41) is 0. The highest BCUT2D eigenvalue weighted by atomic mass is 16.2. The van der Waals surface area contributed by atoms with E-state index in [-0.39, 0.29) is 11.1 Å². The molecule has 1 aliphatic rings. The van der Waals surface area contributed by atoms with E-state index in [0.29, 0.717) is 13.3 Å². The quantitative estimate of drug-likeness (QED) is 0.706. The molecule has 82 valence electrons. The Morgan fingerprint density at radius 3 is 2.13 bits per heavy atom. The van der Waals surface area contributed by atoms with Gasteiger partial charge in [-0.25, -0.2) is 9.36 Å². The van der Waals surface area contributed by atoms with E-state index in [9.17, 15) is 9.59 Å². The number of hydrogen-bond acceptors (Lipinski definition) is 3. The Hall–Kier alpha value is -1.36. The molecule has 2 rings (SSSR count). The molecule has 2 heterocycles. The summed E-state index contributed by atoms with van der Waals surface area (Å²) in [6.45, 7) is 4.13. The Morgan fingerprint density at radius 2 is 1.67 bits per heavy atom. The van der Waals surface area contributed by atoms with Crippen LogP contribution in [0.25, 0.3) is 0 Å². The summed E-state index contributed by atoms with van der Waals surface area (Å²) in [5.74, 6) is 0. The maximum atomic E-state index is 11.5. The van der Waals surface area contributed by atoms with Gasteiger partial charge < -0.3 is 0 Å². The molecule has 0 atom stereocenters. The second kappa shape index (κ2) is 4.02. The van der Waals surface area contributed by atoms with E-state index in [1.54, 1.807) is 0 Å². The van der Waals surface area contributed by atoms with Gasteiger partial charge in [0.15, 0.2) is 0 Å². The number of nitrogens with zero attached hydrogens (tertiary/aromatic N) is 3. The lowest BCUT2D eigenvalue weighted by atomic mass is 10.3. The summed E-state index contributed by atoms with van der Waals surface area (Å²) in [6.07, 6.45) is 2.22. The maximum Gasteiger partial charge on any atom is 0.266 e. The van der Waals surface area contributed by atoms with Gasteiger partial charge in [-0.2, -0.15) is 0 Å². The lowest BCUT2D eigenvalue weighted by molar-refractivity contribution is 0.241. The summed E-state index contributed by atoms with van der Waals surface area (Å²) >= 11 is 0. The minimum absolute atomic E-state index is 0.103. The van der Waals surface area contributed by atoms with Crippen LogP contribution in [0.1, 0.15) is 19.8 Å². The first-order valence-corrected chi connectivity index (χ1v) is 5.25. The Balaban J connectivity index is 2.23. The number of hydrogen-bond donors (Lipinski definition) is 0. The molecule has 0 N–H and O–H groups in total. The van der Waals surface area contributed by atoms with Crippen LogP contribution in [0.2, 0.25) is 0 Å². The van der Waals surface area contributed by atoms with Crippen LogP contribution in [-0.2, 0) is 13.3 Å². The smallest absolute Gasteiger partial charge is 0.266 e. The van der Waals surface area contributed by atoms with Crippen molar-refractivity contribution in [1.29, 1.82) is 0 Å². The third-order valence-electron chi connectivity index (χ3n) is 2.66. The van der Waals surface area contributed by atoms with Gasteiger partial charge in [0.05, 0.1) is 13.3 Å². The van der Waals surface area contributed by atoms with Crippen molar-refractivity contribution in [1.82, 2.24) is 14.3 Å². The SMILES string of the molecule is CCCCN1Cn2c(=O)ccc(=O)n2C1. The van der Waals surface area contributed by atoms with Gasteiger partial charge in [-0.1, -0.05) is 13.3 Å². The molecular formula is C10H15N3O2. The average molecular weight is 209 g/mol. The second-order valence-electron chi connectivity index (χ2n) is 3.84. The largest absolute Gasteiger partial charge is 0.268 e. The zero-order valence-corrected chi connectivity index (χ0v) is 8.85. The molecule has 5 nitrogen and oxygen atoms in total. The van der Waals surface area contributed by atoms with Crippen molar-refractivity contribution in [2.24, 2.45) is 0 Å². The zero-order valence-electron chi connectivity index (χ0n) is 8.85. The fourth-order valence-electron chi connectivity index (χ4n) is 1.79. The number of rotatable bonds is 3. The standard InChI is InChI=1S/C10H15N3O2/c1-2-3-6-11-7-12-9(14)4-5-10(15)13(12)8-11/h4-5H,2-3,6-8H2,1H3. The number of unbranched alkanes of at least 4 members (excludes halogenated alkanes) is 1. The van der Waals surface area contributed by atoms with Gasteiger partial charge in [0.25, 0.3) is 11.1 Å². The molecule has 15 heavy (non-hydrogen) atoms. The molecule has 0 unspecified atom stereocenters. The van der Waals surface area contributed by atoms with Crippen LogP contribution in [-0.4, -0.2) is 20.8 Å². The molecule has 0 fully saturated rings. The van der Waals surface area contributed by atoms with Gasteiger partial charge in [0.1, 0.15) is 0 Å². The molecule has 0 saturated carbocycles. The first-order chi connectivity index (χ1) is 7.22. The second-order valence-corrected chi connectivity index (χ2v) is 3.84. The van der Waals surface area contributed by atoms with Crippen LogP contribution in [0.4, 0.5) is 0 Å². The Labute approximate surface area is 87.5 Å². The Bertz CT molecular complexity index is 421. The highest BCUT2D eigenvalue weighted by Gasteiger charge is 2.18.